The smallest absolute Gasteiger partial charge is 0.350 e. The summed E-state index contributed by atoms with van der Waals surface area (Å²) in [6.45, 7) is 4.03. The maximum atomic E-state index is 11.9. The van der Waals surface area contributed by atoms with Gasteiger partial charge in [-0.1, -0.05) is 31.9 Å². The summed E-state index contributed by atoms with van der Waals surface area (Å²) in [5.41, 5.74) is 8.44. The molecular formula is C14H13Br2NO2S. The molecule has 0 aliphatic carbocycles. The van der Waals surface area contributed by atoms with Crippen LogP contribution in [0.25, 0.3) is 10.4 Å². The molecule has 0 saturated heterocycles. The Morgan fingerprint density at radius 2 is 2.10 bits per heavy atom. The highest BCUT2D eigenvalue weighted by Gasteiger charge is 2.21. The first-order chi connectivity index (χ1) is 9.45. The Kier molecular flexibility index (Phi) is 4.88. The highest BCUT2D eigenvalue weighted by atomic mass is 79.9. The van der Waals surface area contributed by atoms with E-state index in [9.17, 15) is 4.79 Å². The lowest BCUT2D eigenvalue weighted by atomic mass is 10.1. The van der Waals surface area contributed by atoms with Crippen molar-refractivity contribution >= 4 is 54.9 Å². The zero-order chi connectivity index (χ0) is 14.9. The molecule has 6 heteroatoms. The average molecular weight is 419 g/mol. The molecule has 20 heavy (non-hydrogen) atoms. The molecule has 0 unspecified atom stereocenters. The van der Waals surface area contributed by atoms with Gasteiger partial charge in [0.2, 0.25) is 0 Å². The van der Waals surface area contributed by atoms with E-state index < -0.39 is 0 Å². The first kappa shape index (κ1) is 15.5. The van der Waals surface area contributed by atoms with Gasteiger partial charge in [-0.15, -0.1) is 11.3 Å². The molecule has 1 heterocycles. The van der Waals surface area contributed by atoms with Crippen LogP contribution in [-0.2, 0) is 4.74 Å². The van der Waals surface area contributed by atoms with E-state index in [4.69, 9.17) is 10.5 Å². The van der Waals surface area contributed by atoms with Crippen molar-refractivity contribution in [2.45, 2.75) is 13.8 Å². The Bertz CT molecular complexity index is 667. The van der Waals surface area contributed by atoms with Gasteiger partial charge in [0.25, 0.3) is 0 Å². The minimum Gasteiger partial charge on any atom is -0.462 e. The lowest BCUT2D eigenvalue weighted by Crippen LogP contribution is -2.05. The first-order valence-corrected chi connectivity index (χ1v) is 8.37. The van der Waals surface area contributed by atoms with Gasteiger partial charge >= 0.3 is 5.97 Å². The highest BCUT2D eigenvalue weighted by molar-refractivity contribution is 9.11. The van der Waals surface area contributed by atoms with Crippen LogP contribution in [0, 0.1) is 6.92 Å². The summed E-state index contributed by atoms with van der Waals surface area (Å²) in [7, 11) is 0. The van der Waals surface area contributed by atoms with Crippen LogP contribution in [0.15, 0.2) is 27.1 Å². The van der Waals surface area contributed by atoms with Crippen molar-refractivity contribution in [1.29, 1.82) is 0 Å². The van der Waals surface area contributed by atoms with E-state index in [1.165, 1.54) is 11.3 Å². The van der Waals surface area contributed by atoms with Crippen molar-refractivity contribution in [3.63, 3.8) is 0 Å². The standard InChI is InChI=1S/C14H13Br2NO2S/c1-3-19-14(18)13-11(17)7(2)12(20-13)9-6-8(15)4-5-10(9)16/h4-6H,3,17H2,1-2H3. The van der Waals surface area contributed by atoms with Crippen LogP contribution in [0.1, 0.15) is 22.2 Å². The third kappa shape index (κ3) is 2.92. The Hall–Kier alpha value is -0.850. The summed E-state index contributed by atoms with van der Waals surface area (Å²) in [5.74, 6) is -0.365. The SMILES string of the molecule is CCOC(=O)c1sc(-c2cc(Br)ccc2Br)c(C)c1N. The Labute approximate surface area is 138 Å². The summed E-state index contributed by atoms with van der Waals surface area (Å²) in [6.07, 6.45) is 0. The third-order valence-corrected chi connectivity index (χ3v) is 5.33. The number of halogens is 2. The zero-order valence-electron chi connectivity index (χ0n) is 11.0. The van der Waals surface area contributed by atoms with E-state index >= 15 is 0 Å². The van der Waals surface area contributed by atoms with Gasteiger partial charge in [0.05, 0.1) is 12.3 Å². The number of esters is 1. The number of hydrogen-bond donors (Lipinski definition) is 1. The molecule has 2 N–H and O–H groups in total. The number of nitrogen functional groups attached to an aromatic ring is 1. The molecule has 1 aromatic heterocycles. The molecule has 1 aromatic carbocycles. The van der Waals surface area contributed by atoms with E-state index in [1.54, 1.807) is 6.92 Å². The van der Waals surface area contributed by atoms with Gasteiger partial charge in [-0.05, 0) is 37.6 Å². The molecule has 0 bridgehead atoms. The quantitative estimate of drug-likeness (QED) is 0.713. The third-order valence-electron chi connectivity index (χ3n) is 2.83. The summed E-state index contributed by atoms with van der Waals surface area (Å²) in [4.78, 5) is 13.3. The van der Waals surface area contributed by atoms with Crippen LogP contribution in [0.5, 0.6) is 0 Å². The molecule has 0 fully saturated rings. The van der Waals surface area contributed by atoms with Gasteiger partial charge in [0.15, 0.2) is 0 Å². The van der Waals surface area contributed by atoms with Crippen LogP contribution < -0.4 is 5.73 Å². The summed E-state index contributed by atoms with van der Waals surface area (Å²) in [5, 5.41) is 0. The van der Waals surface area contributed by atoms with Crippen molar-refractivity contribution in [2.75, 3.05) is 12.3 Å². The Morgan fingerprint density at radius 3 is 2.75 bits per heavy atom. The van der Waals surface area contributed by atoms with Crippen LogP contribution in [0.3, 0.4) is 0 Å². The Morgan fingerprint density at radius 1 is 1.40 bits per heavy atom. The zero-order valence-corrected chi connectivity index (χ0v) is 15.0. The van der Waals surface area contributed by atoms with Crippen molar-refractivity contribution in [1.82, 2.24) is 0 Å². The van der Waals surface area contributed by atoms with Gasteiger partial charge in [-0.3, -0.25) is 0 Å². The summed E-state index contributed by atoms with van der Waals surface area (Å²) >= 11 is 8.35. The van der Waals surface area contributed by atoms with E-state index in [0.29, 0.717) is 17.2 Å². The molecule has 0 aliphatic heterocycles. The molecule has 0 atom stereocenters. The maximum Gasteiger partial charge on any atom is 0.350 e. The van der Waals surface area contributed by atoms with Crippen molar-refractivity contribution in [3.8, 4) is 10.4 Å². The van der Waals surface area contributed by atoms with Crippen LogP contribution in [-0.4, -0.2) is 12.6 Å². The second-order valence-corrected chi connectivity index (χ2v) is 6.93. The molecule has 0 spiro atoms. The summed E-state index contributed by atoms with van der Waals surface area (Å²) in [6, 6.07) is 5.90. The molecule has 0 aliphatic rings. The minimum absolute atomic E-state index is 0.338. The van der Waals surface area contributed by atoms with E-state index in [-0.39, 0.29) is 5.97 Å². The van der Waals surface area contributed by atoms with Crippen LogP contribution >= 0.6 is 43.2 Å². The second-order valence-electron chi connectivity index (χ2n) is 4.14. The van der Waals surface area contributed by atoms with Crippen LogP contribution in [0.2, 0.25) is 0 Å². The Balaban J connectivity index is 2.56. The minimum atomic E-state index is -0.365. The fourth-order valence-electron chi connectivity index (χ4n) is 1.80. The number of carbonyl (C=O) groups excluding carboxylic acids is 1. The average Bonchev–Trinajstić information content (AvgIpc) is 2.70. The fourth-order valence-corrected chi connectivity index (χ4v) is 3.89. The fraction of sp³-hybridized carbons (Fsp3) is 0.214. The molecule has 106 valence electrons. The second kappa shape index (κ2) is 6.28. The molecule has 2 aromatic rings. The molecule has 2 rings (SSSR count). The molecule has 0 radical (unpaired) electrons. The summed E-state index contributed by atoms with van der Waals surface area (Å²) < 4.78 is 6.97. The van der Waals surface area contributed by atoms with Gasteiger partial charge in [0, 0.05) is 19.4 Å². The lowest BCUT2D eigenvalue weighted by Gasteiger charge is -2.04. The number of nitrogens with two attached hydrogens (primary N) is 1. The van der Waals surface area contributed by atoms with Gasteiger partial charge in [0.1, 0.15) is 4.88 Å². The van der Waals surface area contributed by atoms with E-state index in [2.05, 4.69) is 31.9 Å². The number of ether oxygens (including phenoxy) is 1. The maximum absolute atomic E-state index is 11.9. The number of benzene rings is 1. The van der Waals surface area contributed by atoms with Crippen molar-refractivity contribution in [3.05, 3.63) is 37.6 Å². The number of hydrogen-bond acceptors (Lipinski definition) is 4. The molecule has 3 nitrogen and oxygen atoms in total. The van der Waals surface area contributed by atoms with Crippen LogP contribution in [0.4, 0.5) is 5.69 Å². The predicted octanol–water partition coefficient (Wildman–Crippen LogP) is 5.01. The van der Waals surface area contributed by atoms with E-state index in [0.717, 1.165) is 24.9 Å². The largest absolute Gasteiger partial charge is 0.462 e. The van der Waals surface area contributed by atoms with Crippen molar-refractivity contribution < 1.29 is 9.53 Å². The van der Waals surface area contributed by atoms with E-state index in [1.807, 2.05) is 25.1 Å². The van der Waals surface area contributed by atoms with Gasteiger partial charge in [-0.25, -0.2) is 4.79 Å². The van der Waals surface area contributed by atoms with Gasteiger partial charge < -0.3 is 10.5 Å². The van der Waals surface area contributed by atoms with Crippen molar-refractivity contribution in [2.24, 2.45) is 0 Å². The predicted molar refractivity (Wildman–Crippen MR) is 90.3 cm³/mol. The first-order valence-electron chi connectivity index (χ1n) is 5.97. The highest BCUT2D eigenvalue weighted by Crippen LogP contribution is 2.42. The number of carbonyl (C=O) groups is 1. The number of thiophene rings is 1. The number of rotatable bonds is 3. The van der Waals surface area contributed by atoms with Gasteiger partial charge in [-0.2, -0.15) is 0 Å². The molecule has 0 saturated carbocycles. The normalized spacial score (nSPS) is 10.6. The lowest BCUT2D eigenvalue weighted by molar-refractivity contribution is 0.0533. The topological polar surface area (TPSA) is 52.3 Å². The molecular weight excluding hydrogens is 406 g/mol. The number of anilines is 1. The molecule has 0 amide bonds. The monoisotopic (exact) mass is 417 g/mol.